The fraction of sp³-hybridized carbons (Fsp3) is 0. The first-order chi connectivity index (χ1) is 6.36. The smallest absolute Gasteiger partial charge is 0.0770 e. The number of halogens is 1. The monoisotopic (exact) mass is 270 g/mol. The van der Waals surface area contributed by atoms with Crippen molar-refractivity contribution in [2.45, 2.75) is 0 Å². The van der Waals surface area contributed by atoms with Crippen LogP contribution in [0.15, 0.2) is 32.1 Å². The first kappa shape index (κ1) is 9.19. The predicted octanol–water partition coefficient (Wildman–Crippen LogP) is 4.74. The molecule has 0 radical (unpaired) electrons. The molecular formula is C10H7BrS2. The maximum absolute atomic E-state index is 3.50. The third-order valence-electron chi connectivity index (χ3n) is 1.64. The summed E-state index contributed by atoms with van der Waals surface area (Å²) in [6.07, 6.45) is 4.26. The molecule has 0 aliphatic heterocycles. The zero-order valence-corrected chi connectivity index (χ0v) is 9.95. The highest BCUT2D eigenvalue weighted by atomic mass is 79.9. The maximum Gasteiger partial charge on any atom is 0.0770 e. The van der Waals surface area contributed by atoms with Crippen molar-refractivity contribution in [3.8, 4) is 0 Å². The molecule has 0 atom stereocenters. The average molecular weight is 271 g/mol. The molecule has 0 saturated carbocycles. The number of hydrogen-bond acceptors (Lipinski definition) is 2. The number of rotatable bonds is 2. The van der Waals surface area contributed by atoms with E-state index in [1.165, 1.54) is 14.9 Å². The van der Waals surface area contributed by atoms with Crippen molar-refractivity contribution in [1.82, 2.24) is 0 Å². The van der Waals surface area contributed by atoms with Gasteiger partial charge in [-0.2, -0.15) is 11.3 Å². The van der Waals surface area contributed by atoms with Crippen molar-refractivity contribution in [2.24, 2.45) is 0 Å². The minimum Gasteiger partial charge on any atom is -0.152 e. The number of thiophene rings is 2. The topological polar surface area (TPSA) is 0 Å². The van der Waals surface area contributed by atoms with Crippen LogP contribution >= 0.6 is 38.6 Å². The summed E-state index contributed by atoms with van der Waals surface area (Å²) in [5.74, 6) is 0. The van der Waals surface area contributed by atoms with Gasteiger partial charge in [-0.25, -0.2) is 0 Å². The molecule has 2 rings (SSSR count). The van der Waals surface area contributed by atoms with E-state index in [4.69, 9.17) is 0 Å². The number of hydrogen-bond donors (Lipinski definition) is 0. The van der Waals surface area contributed by atoms with Crippen LogP contribution in [-0.2, 0) is 0 Å². The van der Waals surface area contributed by atoms with Crippen molar-refractivity contribution in [1.29, 1.82) is 0 Å². The Kier molecular flexibility index (Phi) is 2.98. The average Bonchev–Trinajstić information content (AvgIpc) is 2.72. The van der Waals surface area contributed by atoms with E-state index in [0.29, 0.717) is 0 Å². The molecule has 0 aliphatic carbocycles. The first-order valence-electron chi connectivity index (χ1n) is 3.79. The van der Waals surface area contributed by atoms with Gasteiger partial charge in [-0.3, -0.25) is 0 Å². The Labute approximate surface area is 93.7 Å². The van der Waals surface area contributed by atoms with Crippen LogP contribution in [0.4, 0.5) is 0 Å². The Bertz CT molecular complexity index is 398. The lowest BCUT2D eigenvalue weighted by Crippen LogP contribution is -1.63. The summed E-state index contributed by atoms with van der Waals surface area (Å²) in [5, 5.41) is 6.30. The molecule has 0 spiro atoms. The highest BCUT2D eigenvalue weighted by Gasteiger charge is 1.95. The van der Waals surface area contributed by atoms with E-state index in [1.807, 2.05) is 0 Å². The normalized spacial score (nSPS) is 11.2. The molecule has 0 saturated heterocycles. The molecule has 0 fully saturated rings. The fourth-order valence-electron chi connectivity index (χ4n) is 0.978. The largest absolute Gasteiger partial charge is 0.152 e. The first-order valence-corrected chi connectivity index (χ1v) is 6.41. The summed E-state index contributed by atoms with van der Waals surface area (Å²) in [6, 6.07) is 4.22. The van der Waals surface area contributed by atoms with E-state index in [-0.39, 0.29) is 0 Å². The second kappa shape index (κ2) is 4.22. The lowest BCUT2D eigenvalue weighted by Gasteiger charge is -1.86. The Hall–Kier alpha value is -0.380. The van der Waals surface area contributed by atoms with Crippen LogP contribution in [0.3, 0.4) is 0 Å². The van der Waals surface area contributed by atoms with Gasteiger partial charge in [-0.15, -0.1) is 11.3 Å². The van der Waals surface area contributed by atoms with Crippen molar-refractivity contribution in [3.63, 3.8) is 0 Å². The van der Waals surface area contributed by atoms with Gasteiger partial charge in [-0.05, 0) is 55.3 Å². The van der Waals surface area contributed by atoms with E-state index in [0.717, 1.165) is 0 Å². The molecule has 0 aromatic carbocycles. The predicted molar refractivity (Wildman–Crippen MR) is 65.3 cm³/mol. The van der Waals surface area contributed by atoms with Gasteiger partial charge in [0.05, 0.1) is 3.79 Å². The Balaban J connectivity index is 2.19. The molecule has 66 valence electrons. The molecule has 0 aliphatic rings. The van der Waals surface area contributed by atoms with E-state index in [9.17, 15) is 0 Å². The quantitative estimate of drug-likeness (QED) is 0.739. The van der Waals surface area contributed by atoms with Gasteiger partial charge < -0.3 is 0 Å². The van der Waals surface area contributed by atoms with Crippen LogP contribution in [0.1, 0.15) is 11.1 Å². The van der Waals surface area contributed by atoms with Gasteiger partial charge in [-0.1, -0.05) is 12.2 Å². The van der Waals surface area contributed by atoms with Gasteiger partial charge in [0, 0.05) is 0 Å². The second-order valence-electron chi connectivity index (χ2n) is 2.54. The molecule has 2 aromatic heterocycles. The van der Waals surface area contributed by atoms with Crippen LogP contribution in [0.2, 0.25) is 0 Å². The Morgan fingerprint density at radius 2 is 2.08 bits per heavy atom. The van der Waals surface area contributed by atoms with Crippen molar-refractivity contribution in [2.75, 3.05) is 0 Å². The summed E-state index contributed by atoms with van der Waals surface area (Å²) in [6.45, 7) is 0. The lowest BCUT2D eigenvalue weighted by molar-refractivity contribution is 1.82. The van der Waals surface area contributed by atoms with Crippen LogP contribution in [0.5, 0.6) is 0 Å². The lowest BCUT2D eigenvalue weighted by atomic mass is 10.2. The standard InChI is InChI=1S/C10H7BrS2/c11-10-9(4-6-13-10)2-1-8-3-5-12-7-8/h1-7H. The highest BCUT2D eigenvalue weighted by molar-refractivity contribution is 9.11. The molecule has 0 amide bonds. The minimum atomic E-state index is 1.19. The summed E-state index contributed by atoms with van der Waals surface area (Å²) in [4.78, 5) is 0. The summed E-state index contributed by atoms with van der Waals surface area (Å²) >= 11 is 6.93. The van der Waals surface area contributed by atoms with Gasteiger partial charge in [0.2, 0.25) is 0 Å². The SMILES string of the molecule is Brc1sccc1C=Cc1ccsc1. The Morgan fingerprint density at radius 3 is 2.69 bits per heavy atom. The van der Waals surface area contributed by atoms with Gasteiger partial charge in [0.1, 0.15) is 0 Å². The summed E-state index contributed by atoms with van der Waals surface area (Å²) in [5.41, 5.74) is 2.51. The summed E-state index contributed by atoms with van der Waals surface area (Å²) in [7, 11) is 0. The van der Waals surface area contributed by atoms with Crippen LogP contribution in [0, 0.1) is 0 Å². The van der Waals surface area contributed by atoms with Crippen LogP contribution < -0.4 is 0 Å². The molecule has 0 unspecified atom stereocenters. The van der Waals surface area contributed by atoms with Gasteiger partial charge in [0.25, 0.3) is 0 Å². The molecular weight excluding hydrogens is 264 g/mol. The molecule has 0 nitrogen and oxygen atoms in total. The van der Waals surface area contributed by atoms with Crippen molar-refractivity contribution >= 4 is 50.8 Å². The Morgan fingerprint density at radius 1 is 1.15 bits per heavy atom. The van der Waals surface area contributed by atoms with Crippen molar-refractivity contribution in [3.05, 3.63) is 43.2 Å². The molecule has 2 heterocycles. The zero-order chi connectivity index (χ0) is 9.10. The molecule has 2 aromatic rings. The third-order valence-corrected chi connectivity index (χ3v) is 4.08. The van der Waals surface area contributed by atoms with Crippen LogP contribution in [-0.4, -0.2) is 0 Å². The highest BCUT2D eigenvalue weighted by Crippen LogP contribution is 2.25. The van der Waals surface area contributed by atoms with E-state index < -0.39 is 0 Å². The third kappa shape index (κ3) is 2.30. The van der Waals surface area contributed by atoms with E-state index >= 15 is 0 Å². The molecule has 0 bridgehead atoms. The molecule has 13 heavy (non-hydrogen) atoms. The van der Waals surface area contributed by atoms with Crippen LogP contribution in [0.25, 0.3) is 12.2 Å². The summed E-state index contributed by atoms with van der Waals surface area (Å²) < 4.78 is 1.19. The minimum absolute atomic E-state index is 1.19. The van der Waals surface area contributed by atoms with E-state index in [2.05, 4.69) is 56.4 Å². The zero-order valence-electron chi connectivity index (χ0n) is 6.74. The van der Waals surface area contributed by atoms with Crippen molar-refractivity contribution < 1.29 is 0 Å². The molecule has 0 N–H and O–H groups in total. The maximum atomic E-state index is 3.50. The second-order valence-corrected chi connectivity index (χ2v) is 5.55. The van der Waals surface area contributed by atoms with Gasteiger partial charge in [0.15, 0.2) is 0 Å². The van der Waals surface area contributed by atoms with Gasteiger partial charge >= 0.3 is 0 Å². The van der Waals surface area contributed by atoms with E-state index in [1.54, 1.807) is 22.7 Å². The fourth-order valence-corrected chi connectivity index (χ4v) is 2.80. The molecule has 3 heteroatoms.